The second-order valence-corrected chi connectivity index (χ2v) is 8.93. The van der Waals surface area contributed by atoms with Crippen molar-refractivity contribution in [1.29, 1.82) is 0 Å². The van der Waals surface area contributed by atoms with Gasteiger partial charge in [-0.1, -0.05) is 22.0 Å². The van der Waals surface area contributed by atoms with E-state index in [1.54, 1.807) is 24.3 Å². The first-order valence-corrected chi connectivity index (χ1v) is 10.9. The Bertz CT molecular complexity index is 893. The van der Waals surface area contributed by atoms with E-state index >= 15 is 0 Å². The van der Waals surface area contributed by atoms with Crippen LogP contribution in [0.25, 0.3) is 0 Å². The monoisotopic (exact) mass is 453 g/mol. The molecule has 1 saturated heterocycles. The van der Waals surface area contributed by atoms with E-state index in [4.69, 9.17) is 9.47 Å². The van der Waals surface area contributed by atoms with Gasteiger partial charge in [-0.25, -0.2) is 13.2 Å². The molecule has 0 aliphatic carbocycles. The van der Waals surface area contributed by atoms with Gasteiger partial charge in [-0.05, 0) is 55.3 Å². The molecular formula is C19H20BrNO5S. The number of esters is 1. The van der Waals surface area contributed by atoms with E-state index in [-0.39, 0.29) is 23.7 Å². The van der Waals surface area contributed by atoms with Gasteiger partial charge in [0.1, 0.15) is 19.0 Å². The van der Waals surface area contributed by atoms with Gasteiger partial charge in [-0.3, -0.25) is 0 Å². The number of benzene rings is 2. The Morgan fingerprint density at radius 3 is 2.44 bits per heavy atom. The quantitative estimate of drug-likeness (QED) is 0.473. The topological polar surface area (TPSA) is 72.9 Å². The molecule has 0 bridgehead atoms. The van der Waals surface area contributed by atoms with Crippen molar-refractivity contribution in [3.8, 4) is 5.75 Å². The van der Waals surface area contributed by atoms with Gasteiger partial charge in [0, 0.05) is 17.6 Å². The van der Waals surface area contributed by atoms with Crippen LogP contribution in [-0.2, 0) is 14.8 Å². The first-order valence-electron chi connectivity index (χ1n) is 8.62. The molecule has 2 aromatic carbocycles. The molecular weight excluding hydrogens is 434 g/mol. The van der Waals surface area contributed by atoms with Crippen LogP contribution in [0.5, 0.6) is 5.75 Å². The summed E-state index contributed by atoms with van der Waals surface area (Å²) in [6.45, 7) is 1.31. The Kier molecular flexibility index (Phi) is 6.51. The first kappa shape index (κ1) is 19.9. The van der Waals surface area contributed by atoms with Crippen LogP contribution >= 0.6 is 15.9 Å². The van der Waals surface area contributed by atoms with Crippen LogP contribution < -0.4 is 4.74 Å². The molecule has 0 unspecified atom stereocenters. The predicted octanol–water partition coefficient (Wildman–Crippen LogP) is 3.47. The van der Waals surface area contributed by atoms with Gasteiger partial charge in [0.05, 0.1) is 10.5 Å². The fourth-order valence-electron chi connectivity index (χ4n) is 2.77. The molecule has 1 fully saturated rings. The highest BCUT2D eigenvalue weighted by Gasteiger charge is 2.27. The Morgan fingerprint density at radius 2 is 1.74 bits per heavy atom. The lowest BCUT2D eigenvalue weighted by atomic mass is 10.2. The Balaban J connectivity index is 1.56. The fourth-order valence-corrected chi connectivity index (χ4v) is 4.60. The van der Waals surface area contributed by atoms with Gasteiger partial charge in [0.2, 0.25) is 10.0 Å². The van der Waals surface area contributed by atoms with Gasteiger partial charge in [-0.2, -0.15) is 4.31 Å². The van der Waals surface area contributed by atoms with Crippen LogP contribution in [0.3, 0.4) is 0 Å². The molecule has 1 aliphatic rings. The number of ether oxygens (including phenoxy) is 2. The van der Waals surface area contributed by atoms with Crippen molar-refractivity contribution in [3.63, 3.8) is 0 Å². The molecule has 1 heterocycles. The number of nitrogens with zero attached hydrogens (tertiary/aromatic N) is 1. The lowest BCUT2D eigenvalue weighted by molar-refractivity contribution is 0.0450. The highest BCUT2D eigenvalue weighted by Crippen LogP contribution is 2.22. The van der Waals surface area contributed by atoms with E-state index in [1.807, 2.05) is 12.1 Å². The van der Waals surface area contributed by atoms with Gasteiger partial charge in [-0.15, -0.1) is 0 Å². The van der Waals surface area contributed by atoms with E-state index in [0.29, 0.717) is 18.8 Å². The van der Waals surface area contributed by atoms with Crippen molar-refractivity contribution in [2.24, 2.45) is 0 Å². The predicted molar refractivity (Wildman–Crippen MR) is 104 cm³/mol. The average molecular weight is 454 g/mol. The van der Waals surface area contributed by atoms with Crippen molar-refractivity contribution in [2.75, 3.05) is 26.3 Å². The van der Waals surface area contributed by atoms with Gasteiger partial charge in [0.15, 0.2) is 0 Å². The van der Waals surface area contributed by atoms with Crippen molar-refractivity contribution in [2.45, 2.75) is 17.7 Å². The standard InChI is InChI=1S/C19H20BrNO5S/c20-16-6-8-17(9-7-16)25-12-13-26-19(22)15-4-3-5-18(14-15)27(23,24)21-10-1-2-11-21/h3-9,14H,1-2,10-13H2. The van der Waals surface area contributed by atoms with Crippen LogP contribution in [0.4, 0.5) is 0 Å². The smallest absolute Gasteiger partial charge is 0.338 e. The molecule has 0 aromatic heterocycles. The summed E-state index contributed by atoms with van der Waals surface area (Å²) >= 11 is 3.34. The maximum atomic E-state index is 12.6. The highest BCUT2D eigenvalue weighted by molar-refractivity contribution is 9.10. The third kappa shape index (κ3) is 5.09. The van der Waals surface area contributed by atoms with Crippen molar-refractivity contribution < 1.29 is 22.7 Å². The van der Waals surface area contributed by atoms with E-state index in [2.05, 4.69) is 15.9 Å². The van der Waals surface area contributed by atoms with Gasteiger partial charge >= 0.3 is 5.97 Å². The molecule has 0 N–H and O–H groups in total. The minimum atomic E-state index is -3.56. The second-order valence-electron chi connectivity index (χ2n) is 6.08. The molecule has 0 atom stereocenters. The van der Waals surface area contributed by atoms with Crippen LogP contribution in [0.2, 0.25) is 0 Å². The zero-order valence-corrected chi connectivity index (χ0v) is 17.0. The van der Waals surface area contributed by atoms with Gasteiger partial charge in [0.25, 0.3) is 0 Å². The van der Waals surface area contributed by atoms with E-state index in [1.165, 1.54) is 16.4 Å². The number of carbonyl (C=O) groups excluding carboxylic acids is 1. The molecule has 8 heteroatoms. The third-order valence-electron chi connectivity index (χ3n) is 4.17. The number of sulfonamides is 1. The number of halogens is 1. The summed E-state index contributed by atoms with van der Waals surface area (Å²) in [6.07, 6.45) is 1.72. The molecule has 0 spiro atoms. The summed E-state index contributed by atoms with van der Waals surface area (Å²) in [6, 6.07) is 13.3. The normalized spacial score (nSPS) is 14.9. The minimum Gasteiger partial charge on any atom is -0.490 e. The van der Waals surface area contributed by atoms with Crippen LogP contribution in [-0.4, -0.2) is 45.0 Å². The Labute approximate surface area is 167 Å². The summed E-state index contributed by atoms with van der Waals surface area (Å²) in [7, 11) is -3.56. The maximum Gasteiger partial charge on any atom is 0.338 e. The van der Waals surface area contributed by atoms with Crippen LogP contribution in [0.15, 0.2) is 57.9 Å². The Morgan fingerprint density at radius 1 is 1.04 bits per heavy atom. The zero-order chi connectivity index (χ0) is 19.3. The molecule has 0 radical (unpaired) electrons. The summed E-state index contributed by atoms with van der Waals surface area (Å²) in [5.41, 5.74) is 0.207. The number of hydrogen-bond acceptors (Lipinski definition) is 5. The fraction of sp³-hybridized carbons (Fsp3) is 0.316. The van der Waals surface area contributed by atoms with E-state index < -0.39 is 16.0 Å². The lowest BCUT2D eigenvalue weighted by Crippen LogP contribution is -2.28. The summed E-state index contributed by atoms with van der Waals surface area (Å²) in [5, 5.41) is 0. The molecule has 27 heavy (non-hydrogen) atoms. The number of rotatable bonds is 7. The highest BCUT2D eigenvalue weighted by atomic mass is 79.9. The zero-order valence-electron chi connectivity index (χ0n) is 14.6. The SMILES string of the molecule is O=C(OCCOc1ccc(Br)cc1)c1cccc(S(=O)(=O)N2CCCC2)c1. The van der Waals surface area contributed by atoms with Crippen molar-refractivity contribution in [1.82, 2.24) is 4.31 Å². The van der Waals surface area contributed by atoms with Crippen molar-refractivity contribution in [3.05, 3.63) is 58.6 Å². The Hall–Kier alpha value is -1.90. The summed E-state index contributed by atoms with van der Waals surface area (Å²) in [4.78, 5) is 12.3. The number of carbonyl (C=O) groups is 1. The summed E-state index contributed by atoms with van der Waals surface area (Å²) in [5.74, 6) is 0.0980. The average Bonchev–Trinajstić information content (AvgIpc) is 3.22. The molecule has 2 aromatic rings. The van der Waals surface area contributed by atoms with E-state index in [9.17, 15) is 13.2 Å². The molecule has 0 saturated carbocycles. The molecule has 144 valence electrons. The van der Waals surface area contributed by atoms with Gasteiger partial charge < -0.3 is 9.47 Å². The largest absolute Gasteiger partial charge is 0.490 e. The molecule has 3 rings (SSSR count). The lowest BCUT2D eigenvalue weighted by Gasteiger charge is -2.15. The molecule has 6 nitrogen and oxygen atoms in total. The van der Waals surface area contributed by atoms with Crippen LogP contribution in [0, 0.1) is 0 Å². The van der Waals surface area contributed by atoms with Crippen molar-refractivity contribution >= 4 is 31.9 Å². The first-order chi connectivity index (χ1) is 13.0. The molecule has 1 aliphatic heterocycles. The maximum absolute atomic E-state index is 12.6. The second kappa shape index (κ2) is 8.86. The van der Waals surface area contributed by atoms with E-state index in [0.717, 1.165) is 17.3 Å². The van der Waals surface area contributed by atoms with Crippen LogP contribution in [0.1, 0.15) is 23.2 Å². The molecule has 0 amide bonds. The number of hydrogen-bond donors (Lipinski definition) is 0. The summed E-state index contributed by atoms with van der Waals surface area (Å²) < 4.78 is 38.3. The minimum absolute atomic E-state index is 0.0675. The third-order valence-corrected chi connectivity index (χ3v) is 6.59.